The van der Waals surface area contributed by atoms with Crippen molar-refractivity contribution in [2.75, 3.05) is 6.61 Å². The summed E-state index contributed by atoms with van der Waals surface area (Å²) in [7, 11) is 0. The third-order valence-electron chi connectivity index (χ3n) is 3.17. The molecule has 90 valence electrons. The molecule has 0 fully saturated rings. The lowest BCUT2D eigenvalue weighted by molar-refractivity contribution is -0.289. The highest BCUT2D eigenvalue weighted by Gasteiger charge is 2.19. The summed E-state index contributed by atoms with van der Waals surface area (Å²) in [6.45, 7) is 1.71. The van der Waals surface area contributed by atoms with E-state index >= 15 is 0 Å². The molecule has 0 bridgehead atoms. The normalized spacial score (nSPS) is 14.8. The molecule has 2 unspecified atom stereocenters. The van der Waals surface area contributed by atoms with E-state index < -0.39 is 6.10 Å². The van der Waals surface area contributed by atoms with Crippen molar-refractivity contribution in [2.24, 2.45) is 0 Å². The predicted molar refractivity (Wildman–Crippen MR) is 67.0 cm³/mol. The first-order valence-corrected chi connectivity index (χ1v) is 5.66. The zero-order chi connectivity index (χ0) is 12.3. The minimum atomic E-state index is -0.587. The third kappa shape index (κ3) is 2.47. The summed E-state index contributed by atoms with van der Waals surface area (Å²) in [6.07, 6.45) is -0.587. The van der Waals surface area contributed by atoms with Gasteiger partial charge in [0.05, 0.1) is 6.61 Å². The lowest BCUT2D eigenvalue weighted by Crippen LogP contribution is -2.23. The maximum Gasteiger partial charge on any atom is 0.122 e. The highest BCUT2D eigenvalue weighted by atomic mass is 17.1. The van der Waals surface area contributed by atoms with Crippen LogP contribution >= 0.6 is 0 Å². The number of aliphatic hydroxyl groups is 1. The molecule has 0 radical (unpaired) electrons. The van der Waals surface area contributed by atoms with Gasteiger partial charge in [-0.2, -0.15) is 0 Å². The van der Waals surface area contributed by atoms with E-state index in [9.17, 15) is 0 Å². The van der Waals surface area contributed by atoms with Crippen LogP contribution in [0.2, 0.25) is 0 Å². The molecule has 0 saturated carbocycles. The molecule has 0 heterocycles. The van der Waals surface area contributed by atoms with Gasteiger partial charge in [0.15, 0.2) is 0 Å². The number of hydrogen-bond acceptors (Lipinski definition) is 3. The van der Waals surface area contributed by atoms with Crippen molar-refractivity contribution in [3.8, 4) is 0 Å². The van der Waals surface area contributed by atoms with Crippen LogP contribution in [0, 0.1) is 0 Å². The van der Waals surface area contributed by atoms with Crippen LogP contribution in [-0.2, 0) is 4.89 Å². The van der Waals surface area contributed by atoms with E-state index in [-0.39, 0.29) is 12.5 Å². The first kappa shape index (κ1) is 12.0. The van der Waals surface area contributed by atoms with Crippen molar-refractivity contribution in [1.82, 2.24) is 0 Å². The molecule has 0 aliphatic heterocycles. The molecule has 0 aromatic heterocycles. The fourth-order valence-electron chi connectivity index (χ4n) is 1.99. The van der Waals surface area contributed by atoms with Gasteiger partial charge < -0.3 is 5.11 Å². The molecule has 0 saturated heterocycles. The van der Waals surface area contributed by atoms with Crippen LogP contribution in [0.3, 0.4) is 0 Å². The Labute approximate surface area is 100 Å². The van der Waals surface area contributed by atoms with Crippen LogP contribution in [0.15, 0.2) is 42.5 Å². The smallest absolute Gasteiger partial charge is 0.122 e. The van der Waals surface area contributed by atoms with E-state index in [4.69, 9.17) is 10.4 Å². The lowest BCUT2D eigenvalue weighted by atomic mass is 9.93. The average molecular weight is 232 g/mol. The largest absolute Gasteiger partial charge is 0.394 e. The molecule has 17 heavy (non-hydrogen) atoms. The molecule has 3 heteroatoms. The number of hydrogen-bond donors (Lipinski definition) is 2. The molecule has 0 aliphatic carbocycles. The van der Waals surface area contributed by atoms with Crippen LogP contribution in [-0.4, -0.2) is 23.1 Å². The summed E-state index contributed by atoms with van der Waals surface area (Å²) in [5.74, 6) is -0.0605. The zero-order valence-electron chi connectivity index (χ0n) is 9.71. The summed E-state index contributed by atoms with van der Waals surface area (Å²) < 4.78 is 0. The molecule has 2 aromatic carbocycles. The second kappa shape index (κ2) is 5.27. The van der Waals surface area contributed by atoms with Gasteiger partial charge in [0.25, 0.3) is 0 Å². The van der Waals surface area contributed by atoms with Crippen molar-refractivity contribution >= 4 is 10.8 Å². The standard InChI is InChI=1S/C14H16O3/c1-10(14(9-15)17-16)12-7-6-11-4-2-3-5-13(11)8-12/h2-8,10,14-16H,9H2,1H3. The molecular formula is C14H16O3. The second-order valence-corrected chi connectivity index (χ2v) is 4.22. The Morgan fingerprint density at radius 1 is 1.12 bits per heavy atom. The Balaban J connectivity index is 2.35. The van der Waals surface area contributed by atoms with E-state index in [0.717, 1.165) is 10.9 Å². The summed E-state index contributed by atoms with van der Waals surface area (Å²) in [5.41, 5.74) is 1.04. The third-order valence-corrected chi connectivity index (χ3v) is 3.17. The van der Waals surface area contributed by atoms with Crippen molar-refractivity contribution < 1.29 is 15.3 Å². The molecule has 2 atom stereocenters. The van der Waals surface area contributed by atoms with Crippen LogP contribution in [0.4, 0.5) is 0 Å². The van der Waals surface area contributed by atoms with E-state index in [1.54, 1.807) is 0 Å². The summed E-state index contributed by atoms with van der Waals surface area (Å²) in [5, 5.41) is 20.1. The molecule has 0 aliphatic rings. The zero-order valence-corrected chi connectivity index (χ0v) is 9.71. The number of fused-ring (bicyclic) bond motifs is 1. The van der Waals surface area contributed by atoms with Crippen molar-refractivity contribution in [3.05, 3.63) is 48.0 Å². The van der Waals surface area contributed by atoms with Gasteiger partial charge in [-0.25, -0.2) is 4.89 Å². The highest BCUT2D eigenvalue weighted by Crippen LogP contribution is 2.24. The van der Waals surface area contributed by atoms with E-state index in [2.05, 4.69) is 17.0 Å². The average Bonchev–Trinajstić information content (AvgIpc) is 2.39. The summed E-state index contributed by atoms with van der Waals surface area (Å²) >= 11 is 0. The molecule has 2 rings (SSSR count). The van der Waals surface area contributed by atoms with Crippen molar-refractivity contribution in [3.63, 3.8) is 0 Å². The van der Waals surface area contributed by atoms with Crippen LogP contribution in [0.1, 0.15) is 18.4 Å². The monoisotopic (exact) mass is 232 g/mol. The van der Waals surface area contributed by atoms with Crippen LogP contribution in [0.25, 0.3) is 10.8 Å². The Morgan fingerprint density at radius 2 is 1.82 bits per heavy atom. The van der Waals surface area contributed by atoms with Gasteiger partial charge in [-0.1, -0.05) is 49.4 Å². The SMILES string of the molecule is CC(c1ccc2ccccc2c1)C(CO)OO. The molecule has 0 spiro atoms. The second-order valence-electron chi connectivity index (χ2n) is 4.22. The molecule has 2 aromatic rings. The van der Waals surface area contributed by atoms with Gasteiger partial charge in [0.2, 0.25) is 0 Å². The first-order valence-electron chi connectivity index (χ1n) is 5.66. The Bertz CT molecular complexity index is 492. The van der Waals surface area contributed by atoms with E-state index in [0.29, 0.717) is 0 Å². The van der Waals surface area contributed by atoms with Gasteiger partial charge in [0, 0.05) is 5.92 Å². The highest BCUT2D eigenvalue weighted by molar-refractivity contribution is 5.83. The number of benzene rings is 2. The Morgan fingerprint density at radius 3 is 2.47 bits per heavy atom. The van der Waals surface area contributed by atoms with Crippen LogP contribution in [0.5, 0.6) is 0 Å². The van der Waals surface area contributed by atoms with Gasteiger partial charge in [-0.15, -0.1) is 0 Å². The maximum absolute atomic E-state index is 9.09. The van der Waals surface area contributed by atoms with Crippen molar-refractivity contribution in [2.45, 2.75) is 18.9 Å². The summed E-state index contributed by atoms with van der Waals surface area (Å²) in [4.78, 5) is 4.28. The summed E-state index contributed by atoms with van der Waals surface area (Å²) in [6, 6.07) is 14.2. The van der Waals surface area contributed by atoms with Crippen LogP contribution < -0.4 is 0 Å². The fraction of sp³-hybridized carbons (Fsp3) is 0.286. The molecule has 3 nitrogen and oxygen atoms in total. The molecule has 2 N–H and O–H groups in total. The molecule has 0 amide bonds. The Hall–Kier alpha value is -1.42. The first-order chi connectivity index (χ1) is 8.26. The number of rotatable bonds is 4. The quantitative estimate of drug-likeness (QED) is 0.629. The topological polar surface area (TPSA) is 49.7 Å². The fourth-order valence-corrected chi connectivity index (χ4v) is 1.99. The van der Waals surface area contributed by atoms with Crippen molar-refractivity contribution in [1.29, 1.82) is 0 Å². The number of aliphatic hydroxyl groups excluding tert-OH is 1. The van der Waals surface area contributed by atoms with Gasteiger partial charge >= 0.3 is 0 Å². The van der Waals surface area contributed by atoms with Gasteiger partial charge in [-0.3, -0.25) is 5.26 Å². The Kier molecular flexibility index (Phi) is 3.74. The van der Waals surface area contributed by atoms with E-state index in [1.165, 1.54) is 5.39 Å². The van der Waals surface area contributed by atoms with Gasteiger partial charge in [-0.05, 0) is 16.3 Å². The van der Waals surface area contributed by atoms with Gasteiger partial charge in [0.1, 0.15) is 6.10 Å². The maximum atomic E-state index is 9.09. The minimum Gasteiger partial charge on any atom is -0.394 e. The molecular weight excluding hydrogens is 216 g/mol. The lowest BCUT2D eigenvalue weighted by Gasteiger charge is -2.19. The minimum absolute atomic E-state index is 0.0605. The predicted octanol–water partition coefficient (Wildman–Crippen LogP) is 2.79. The van der Waals surface area contributed by atoms with E-state index in [1.807, 2.05) is 37.3 Å².